The first-order chi connectivity index (χ1) is 7.09. The minimum Gasteiger partial charge on any atom is -0.333 e. The van der Waals surface area contributed by atoms with Crippen molar-refractivity contribution in [3.63, 3.8) is 0 Å². The van der Waals surface area contributed by atoms with E-state index in [0.29, 0.717) is 5.92 Å². The third-order valence-corrected chi connectivity index (χ3v) is 3.28. The van der Waals surface area contributed by atoms with Crippen LogP contribution < -0.4 is 0 Å². The van der Waals surface area contributed by atoms with Crippen molar-refractivity contribution in [2.24, 2.45) is 13.0 Å². The van der Waals surface area contributed by atoms with E-state index < -0.39 is 0 Å². The van der Waals surface area contributed by atoms with Crippen LogP contribution in [0, 0.1) is 5.92 Å². The molecule has 0 fully saturated rings. The van der Waals surface area contributed by atoms with E-state index in [4.69, 9.17) is 0 Å². The molecule has 0 bridgehead atoms. The molecule has 15 heavy (non-hydrogen) atoms. The lowest BCUT2D eigenvalue weighted by atomic mass is 10.1. The van der Waals surface area contributed by atoms with E-state index >= 15 is 0 Å². The Morgan fingerprint density at radius 3 is 2.80 bits per heavy atom. The summed E-state index contributed by atoms with van der Waals surface area (Å²) in [6.45, 7) is 4.47. The molecule has 80 valence electrons. The minimum absolute atomic E-state index is 0.673. The molecule has 0 aromatic carbocycles. The van der Waals surface area contributed by atoms with Crippen LogP contribution in [0.2, 0.25) is 0 Å². The third kappa shape index (κ3) is 1.93. The molecule has 0 N–H and O–H groups in total. The molecule has 2 aromatic heterocycles. The van der Waals surface area contributed by atoms with Gasteiger partial charge in [-0.05, 0) is 40.4 Å². The van der Waals surface area contributed by atoms with E-state index in [9.17, 15) is 0 Å². The number of hydrogen-bond acceptors (Lipinski definition) is 1. The lowest BCUT2D eigenvalue weighted by molar-refractivity contribution is 0.619. The summed E-state index contributed by atoms with van der Waals surface area (Å²) in [6, 6.07) is 4.22. The smallest absolute Gasteiger partial charge is 0.140 e. The van der Waals surface area contributed by atoms with Crippen LogP contribution in [-0.4, -0.2) is 9.55 Å². The summed E-state index contributed by atoms with van der Waals surface area (Å²) in [5.41, 5.74) is 2.40. The van der Waals surface area contributed by atoms with Gasteiger partial charge in [-0.15, -0.1) is 0 Å². The Morgan fingerprint density at radius 2 is 2.20 bits per heavy atom. The number of pyridine rings is 1. The van der Waals surface area contributed by atoms with Crippen LogP contribution >= 0.6 is 15.9 Å². The van der Waals surface area contributed by atoms with E-state index in [1.54, 1.807) is 0 Å². The molecule has 0 unspecified atom stereocenters. The van der Waals surface area contributed by atoms with E-state index in [1.165, 1.54) is 11.1 Å². The lowest BCUT2D eigenvalue weighted by Gasteiger charge is -2.05. The molecule has 2 heterocycles. The molecule has 0 radical (unpaired) electrons. The van der Waals surface area contributed by atoms with Gasteiger partial charge in [-0.3, -0.25) is 0 Å². The van der Waals surface area contributed by atoms with Gasteiger partial charge in [0.15, 0.2) is 0 Å². The molecule has 0 aliphatic carbocycles. The molecule has 3 heteroatoms. The van der Waals surface area contributed by atoms with E-state index in [2.05, 4.69) is 52.4 Å². The van der Waals surface area contributed by atoms with Gasteiger partial charge in [0.2, 0.25) is 0 Å². The number of halogens is 1. The molecule has 2 aromatic rings. The largest absolute Gasteiger partial charge is 0.333 e. The van der Waals surface area contributed by atoms with Crippen LogP contribution in [0.1, 0.15) is 19.5 Å². The summed E-state index contributed by atoms with van der Waals surface area (Å²) in [6.07, 6.45) is 2.94. The van der Waals surface area contributed by atoms with Crippen LogP contribution in [0.3, 0.4) is 0 Å². The highest BCUT2D eigenvalue weighted by molar-refractivity contribution is 9.10. The molecular formula is C12H15BrN2. The van der Waals surface area contributed by atoms with Gasteiger partial charge >= 0.3 is 0 Å². The Hall–Kier alpha value is -0.830. The highest BCUT2D eigenvalue weighted by Gasteiger charge is 2.09. The Balaban J connectivity index is 2.59. The Bertz CT molecular complexity index is 486. The summed E-state index contributed by atoms with van der Waals surface area (Å²) in [4.78, 5) is 4.40. The Morgan fingerprint density at radius 1 is 1.47 bits per heavy atom. The van der Waals surface area contributed by atoms with Gasteiger partial charge in [0.05, 0.1) is 0 Å². The molecule has 0 aliphatic rings. The first kappa shape index (κ1) is 10.7. The highest BCUT2D eigenvalue weighted by Crippen LogP contribution is 2.25. The Labute approximate surface area is 98.4 Å². The summed E-state index contributed by atoms with van der Waals surface area (Å²) >= 11 is 3.56. The number of fused-ring (bicyclic) bond motifs is 1. The quantitative estimate of drug-likeness (QED) is 0.813. The highest BCUT2D eigenvalue weighted by atomic mass is 79.9. The molecule has 2 rings (SSSR count). The zero-order valence-electron chi connectivity index (χ0n) is 9.29. The average molecular weight is 267 g/mol. The third-order valence-electron chi connectivity index (χ3n) is 2.59. The second-order valence-corrected chi connectivity index (χ2v) is 5.18. The van der Waals surface area contributed by atoms with Gasteiger partial charge in [-0.25, -0.2) is 4.98 Å². The van der Waals surface area contributed by atoms with Gasteiger partial charge in [-0.2, -0.15) is 0 Å². The predicted molar refractivity (Wildman–Crippen MR) is 67.0 cm³/mol. The SMILES string of the molecule is CC(C)Cc1cc2c(Br)ccnc2n1C. The number of rotatable bonds is 2. The maximum Gasteiger partial charge on any atom is 0.140 e. The maximum atomic E-state index is 4.40. The normalized spacial score (nSPS) is 11.5. The number of aromatic nitrogens is 2. The molecule has 0 spiro atoms. The van der Waals surface area contributed by atoms with Gasteiger partial charge in [0.25, 0.3) is 0 Å². The lowest BCUT2D eigenvalue weighted by Crippen LogP contribution is -2.01. The van der Waals surface area contributed by atoms with Crippen molar-refractivity contribution < 1.29 is 0 Å². The van der Waals surface area contributed by atoms with Crippen molar-refractivity contribution in [3.05, 3.63) is 28.5 Å². The zero-order chi connectivity index (χ0) is 11.0. The van der Waals surface area contributed by atoms with E-state index in [-0.39, 0.29) is 0 Å². The molecule has 0 saturated heterocycles. The molecule has 0 atom stereocenters. The molecule has 0 amide bonds. The van der Waals surface area contributed by atoms with Crippen LogP contribution in [-0.2, 0) is 13.5 Å². The first-order valence-electron chi connectivity index (χ1n) is 5.18. The number of hydrogen-bond donors (Lipinski definition) is 0. The zero-order valence-corrected chi connectivity index (χ0v) is 10.9. The van der Waals surface area contributed by atoms with Crippen molar-refractivity contribution in [1.29, 1.82) is 0 Å². The monoisotopic (exact) mass is 266 g/mol. The van der Waals surface area contributed by atoms with Crippen LogP contribution in [0.4, 0.5) is 0 Å². The molecule has 0 aliphatic heterocycles. The molecule has 0 saturated carbocycles. The fourth-order valence-electron chi connectivity index (χ4n) is 1.85. The summed E-state index contributed by atoms with van der Waals surface area (Å²) in [5, 5.41) is 1.20. The second kappa shape index (κ2) is 3.97. The van der Waals surface area contributed by atoms with E-state index in [0.717, 1.165) is 16.5 Å². The molecular weight excluding hydrogens is 252 g/mol. The minimum atomic E-state index is 0.673. The van der Waals surface area contributed by atoms with Crippen molar-refractivity contribution in [2.75, 3.05) is 0 Å². The van der Waals surface area contributed by atoms with Gasteiger partial charge in [0, 0.05) is 28.8 Å². The van der Waals surface area contributed by atoms with E-state index in [1.807, 2.05) is 12.3 Å². The Kier molecular flexibility index (Phi) is 2.83. The number of nitrogens with zero attached hydrogens (tertiary/aromatic N) is 2. The van der Waals surface area contributed by atoms with Gasteiger partial charge in [0.1, 0.15) is 5.65 Å². The van der Waals surface area contributed by atoms with Crippen molar-refractivity contribution in [2.45, 2.75) is 20.3 Å². The summed E-state index contributed by atoms with van der Waals surface area (Å²) < 4.78 is 3.30. The topological polar surface area (TPSA) is 17.8 Å². The number of aryl methyl sites for hydroxylation is 1. The summed E-state index contributed by atoms with van der Waals surface area (Å²) in [5.74, 6) is 0.673. The van der Waals surface area contributed by atoms with Crippen molar-refractivity contribution in [1.82, 2.24) is 9.55 Å². The average Bonchev–Trinajstić information content (AvgIpc) is 2.46. The van der Waals surface area contributed by atoms with Crippen LogP contribution in [0.5, 0.6) is 0 Å². The van der Waals surface area contributed by atoms with Crippen molar-refractivity contribution in [3.8, 4) is 0 Å². The van der Waals surface area contributed by atoms with Crippen molar-refractivity contribution >= 4 is 27.0 Å². The predicted octanol–water partition coefficient (Wildman–Crippen LogP) is 3.53. The standard InChI is InChI=1S/C12H15BrN2/c1-8(2)6-9-7-10-11(13)4-5-14-12(10)15(9)3/h4-5,7-8H,6H2,1-3H3. The fraction of sp³-hybridized carbons (Fsp3) is 0.417. The fourth-order valence-corrected chi connectivity index (χ4v) is 2.26. The maximum absolute atomic E-state index is 4.40. The van der Waals surface area contributed by atoms with Gasteiger partial charge in [-0.1, -0.05) is 13.8 Å². The van der Waals surface area contributed by atoms with Gasteiger partial charge < -0.3 is 4.57 Å². The summed E-state index contributed by atoms with van der Waals surface area (Å²) in [7, 11) is 2.08. The first-order valence-corrected chi connectivity index (χ1v) is 5.97. The second-order valence-electron chi connectivity index (χ2n) is 4.32. The molecule has 2 nitrogen and oxygen atoms in total. The van der Waals surface area contributed by atoms with Crippen LogP contribution in [0.15, 0.2) is 22.8 Å². The van der Waals surface area contributed by atoms with Crippen LogP contribution in [0.25, 0.3) is 11.0 Å².